The molecular formula is C15H7F2N5. The zero-order chi connectivity index (χ0) is 15.1. The fraction of sp³-hybridized carbons (Fsp3) is 0. The van der Waals surface area contributed by atoms with E-state index in [9.17, 15) is 8.78 Å². The summed E-state index contributed by atoms with van der Waals surface area (Å²) in [6, 6.07) is 8.62. The van der Waals surface area contributed by atoms with Crippen molar-refractivity contribution >= 4 is 21.9 Å². The molecule has 0 radical (unpaired) electrons. The molecule has 2 heterocycles. The third-order valence-corrected chi connectivity index (χ3v) is 3.41. The molecule has 0 saturated carbocycles. The predicted molar refractivity (Wildman–Crippen MR) is 75.8 cm³/mol. The molecule has 0 amide bonds. The Morgan fingerprint density at radius 2 is 1.59 bits per heavy atom. The normalized spacial score (nSPS) is 11.2. The van der Waals surface area contributed by atoms with E-state index in [1.54, 1.807) is 12.1 Å². The number of hydrogen-bond donors (Lipinski definition) is 0. The van der Waals surface area contributed by atoms with E-state index in [2.05, 4.69) is 25.6 Å². The quantitative estimate of drug-likeness (QED) is 0.540. The van der Waals surface area contributed by atoms with Gasteiger partial charge in [-0.2, -0.15) is 5.10 Å². The van der Waals surface area contributed by atoms with Crippen LogP contribution in [0.15, 0.2) is 42.6 Å². The molecule has 0 aliphatic carbocycles. The van der Waals surface area contributed by atoms with E-state index in [4.69, 9.17) is 0 Å². The smallest absolute Gasteiger partial charge is 0.143 e. The summed E-state index contributed by atoms with van der Waals surface area (Å²) in [5, 5.41) is 19.8. The third kappa shape index (κ3) is 1.79. The second kappa shape index (κ2) is 4.73. The highest BCUT2D eigenvalue weighted by molar-refractivity contribution is 6.06. The highest BCUT2D eigenvalue weighted by Gasteiger charge is 2.15. The first-order valence-electron chi connectivity index (χ1n) is 6.43. The van der Waals surface area contributed by atoms with Crippen molar-refractivity contribution in [1.82, 2.24) is 25.6 Å². The Hall–Kier alpha value is -3.09. The largest absolute Gasteiger partial charge is 0.206 e. The monoisotopic (exact) mass is 295 g/mol. The van der Waals surface area contributed by atoms with Gasteiger partial charge in [-0.1, -0.05) is 6.07 Å². The zero-order valence-electron chi connectivity index (χ0n) is 11.0. The van der Waals surface area contributed by atoms with Crippen LogP contribution in [0.4, 0.5) is 8.78 Å². The van der Waals surface area contributed by atoms with Crippen LogP contribution >= 0.6 is 0 Å². The molecule has 4 rings (SSSR count). The number of halogens is 2. The Morgan fingerprint density at radius 3 is 2.41 bits per heavy atom. The van der Waals surface area contributed by atoms with Crippen molar-refractivity contribution in [2.75, 3.05) is 0 Å². The van der Waals surface area contributed by atoms with E-state index in [0.29, 0.717) is 27.5 Å². The molecule has 0 aliphatic heterocycles. The van der Waals surface area contributed by atoms with Crippen molar-refractivity contribution in [3.05, 3.63) is 54.2 Å². The van der Waals surface area contributed by atoms with Crippen molar-refractivity contribution in [3.8, 4) is 11.1 Å². The minimum atomic E-state index is -0.653. The Morgan fingerprint density at radius 1 is 0.773 bits per heavy atom. The van der Waals surface area contributed by atoms with Crippen LogP contribution in [-0.2, 0) is 0 Å². The van der Waals surface area contributed by atoms with E-state index < -0.39 is 11.6 Å². The fourth-order valence-electron chi connectivity index (χ4n) is 2.44. The van der Waals surface area contributed by atoms with E-state index in [0.717, 1.165) is 0 Å². The standard InChI is InChI=1S/C15H7F2N5/c16-10-2-1-3-11(17)13(10)8-6-7-18-20-14-9(8)4-5-12-15(14)21-22-19-12/h1-7H. The average Bonchev–Trinajstić information content (AvgIpc) is 2.89. The minimum Gasteiger partial charge on any atom is -0.206 e. The summed E-state index contributed by atoms with van der Waals surface area (Å²) in [5.74, 6) is -1.31. The first kappa shape index (κ1) is 12.6. The summed E-state index contributed by atoms with van der Waals surface area (Å²) >= 11 is 0. The van der Waals surface area contributed by atoms with Gasteiger partial charge in [-0.15, -0.1) is 15.3 Å². The third-order valence-electron chi connectivity index (χ3n) is 3.41. The van der Waals surface area contributed by atoms with Crippen LogP contribution in [0.3, 0.4) is 0 Å². The Labute approximate surface area is 122 Å². The molecule has 0 aliphatic rings. The van der Waals surface area contributed by atoms with Crippen LogP contribution in [-0.4, -0.2) is 25.6 Å². The molecule has 22 heavy (non-hydrogen) atoms. The first-order valence-corrected chi connectivity index (χ1v) is 6.43. The van der Waals surface area contributed by atoms with Crippen molar-refractivity contribution in [2.24, 2.45) is 0 Å². The number of nitrogens with zero attached hydrogens (tertiary/aromatic N) is 5. The lowest BCUT2D eigenvalue weighted by Gasteiger charge is -2.05. The van der Waals surface area contributed by atoms with Crippen LogP contribution in [0.1, 0.15) is 0 Å². The van der Waals surface area contributed by atoms with Crippen molar-refractivity contribution in [1.29, 1.82) is 0 Å². The molecule has 4 aromatic rings. The topological polar surface area (TPSA) is 64.5 Å². The van der Waals surface area contributed by atoms with Gasteiger partial charge in [-0.05, 0) is 41.1 Å². The van der Waals surface area contributed by atoms with Crippen molar-refractivity contribution in [2.45, 2.75) is 0 Å². The van der Waals surface area contributed by atoms with Gasteiger partial charge >= 0.3 is 0 Å². The Kier molecular flexibility index (Phi) is 2.72. The van der Waals surface area contributed by atoms with Crippen LogP contribution in [0.2, 0.25) is 0 Å². The van der Waals surface area contributed by atoms with Crippen LogP contribution in [0, 0.1) is 11.6 Å². The summed E-state index contributed by atoms with van der Waals surface area (Å²) in [6.45, 7) is 0. The van der Waals surface area contributed by atoms with Gasteiger partial charge in [0.05, 0.1) is 11.8 Å². The summed E-state index contributed by atoms with van der Waals surface area (Å²) in [7, 11) is 0. The molecule has 0 unspecified atom stereocenters. The maximum atomic E-state index is 14.1. The summed E-state index contributed by atoms with van der Waals surface area (Å²) < 4.78 is 28.2. The van der Waals surface area contributed by atoms with E-state index in [1.165, 1.54) is 30.5 Å². The minimum absolute atomic E-state index is 0.126. The van der Waals surface area contributed by atoms with Gasteiger partial charge in [0.15, 0.2) is 0 Å². The van der Waals surface area contributed by atoms with Crippen LogP contribution in [0.25, 0.3) is 33.1 Å². The Balaban J connectivity index is 2.19. The number of rotatable bonds is 1. The van der Waals surface area contributed by atoms with Gasteiger partial charge in [-0.25, -0.2) is 8.78 Å². The fourth-order valence-corrected chi connectivity index (χ4v) is 2.44. The molecule has 2 aromatic heterocycles. The molecule has 0 spiro atoms. The van der Waals surface area contributed by atoms with E-state index in [-0.39, 0.29) is 5.56 Å². The van der Waals surface area contributed by atoms with Crippen LogP contribution < -0.4 is 0 Å². The second-order valence-electron chi connectivity index (χ2n) is 4.66. The summed E-state index contributed by atoms with van der Waals surface area (Å²) in [4.78, 5) is 0. The SMILES string of the molecule is Fc1cccc(F)c1-c1ccnnc2c1ccc1nnnc12. The van der Waals surface area contributed by atoms with Gasteiger partial charge in [0, 0.05) is 5.39 Å². The molecular weight excluding hydrogens is 288 g/mol. The Bertz CT molecular complexity index is 999. The van der Waals surface area contributed by atoms with E-state index >= 15 is 0 Å². The second-order valence-corrected chi connectivity index (χ2v) is 4.66. The molecule has 106 valence electrons. The lowest BCUT2D eigenvalue weighted by molar-refractivity contribution is 0.590. The van der Waals surface area contributed by atoms with Crippen molar-refractivity contribution < 1.29 is 8.78 Å². The predicted octanol–water partition coefficient (Wildman–Crippen LogP) is 2.91. The highest BCUT2D eigenvalue weighted by atomic mass is 19.1. The first-order chi connectivity index (χ1) is 10.8. The van der Waals surface area contributed by atoms with E-state index in [1.807, 2.05) is 0 Å². The molecule has 0 saturated heterocycles. The molecule has 5 nitrogen and oxygen atoms in total. The average molecular weight is 295 g/mol. The number of aromatic nitrogens is 5. The lowest BCUT2D eigenvalue weighted by atomic mass is 10.0. The molecule has 0 N–H and O–H groups in total. The molecule has 0 atom stereocenters. The maximum absolute atomic E-state index is 14.1. The maximum Gasteiger partial charge on any atom is 0.143 e. The molecule has 0 bridgehead atoms. The molecule has 2 aromatic carbocycles. The highest BCUT2D eigenvalue weighted by Crippen LogP contribution is 2.32. The number of fused-ring (bicyclic) bond motifs is 3. The van der Waals surface area contributed by atoms with Gasteiger partial charge in [-0.3, -0.25) is 0 Å². The van der Waals surface area contributed by atoms with Gasteiger partial charge < -0.3 is 0 Å². The van der Waals surface area contributed by atoms with Gasteiger partial charge in [0.2, 0.25) is 0 Å². The number of benzene rings is 2. The molecule has 7 heteroatoms. The summed E-state index contributed by atoms with van der Waals surface area (Å²) in [5.41, 5.74) is 1.61. The molecule has 0 fully saturated rings. The number of hydrogen-bond acceptors (Lipinski definition) is 5. The van der Waals surface area contributed by atoms with Gasteiger partial charge in [0.25, 0.3) is 0 Å². The summed E-state index contributed by atoms with van der Waals surface area (Å²) in [6.07, 6.45) is 1.39. The zero-order valence-corrected chi connectivity index (χ0v) is 11.0. The lowest BCUT2D eigenvalue weighted by Crippen LogP contribution is -1.90. The van der Waals surface area contributed by atoms with Crippen molar-refractivity contribution in [3.63, 3.8) is 0 Å². The van der Waals surface area contributed by atoms with Crippen LogP contribution in [0.5, 0.6) is 0 Å². The van der Waals surface area contributed by atoms with Gasteiger partial charge in [0.1, 0.15) is 28.2 Å².